The molecular formula is C10H10F2O2. The third-order valence-electron chi connectivity index (χ3n) is 1.76. The van der Waals surface area contributed by atoms with E-state index in [-0.39, 0.29) is 17.7 Å². The molecule has 0 fully saturated rings. The number of rotatable bonds is 2. The number of halogens is 2. The molecule has 0 aliphatic rings. The average molecular weight is 200 g/mol. The summed E-state index contributed by atoms with van der Waals surface area (Å²) >= 11 is 0. The lowest BCUT2D eigenvalue weighted by Crippen LogP contribution is -2.02. The normalized spacial score (nSPS) is 10.0. The molecule has 0 aromatic heterocycles. The summed E-state index contributed by atoms with van der Waals surface area (Å²) in [7, 11) is 0. The highest BCUT2D eigenvalue weighted by molar-refractivity contribution is 5.65. The predicted octanol–water partition coefficient (Wildman–Crippen LogP) is 2.34. The molecule has 1 rings (SSSR count). The van der Waals surface area contributed by atoms with Gasteiger partial charge in [0.2, 0.25) is 0 Å². The molecule has 0 aliphatic carbocycles. The van der Waals surface area contributed by atoms with E-state index in [2.05, 4.69) is 4.74 Å². The summed E-state index contributed by atoms with van der Waals surface area (Å²) in [5.41, 5.74) is 0.275. The van der Waals surface area contributed by atoms with E-state index in [0.717, 1.165) is 12.1 Å². The van der Waals surface area contributed by atoms with Crippen LogP contribution in [0.15, 0.2) is 12.1 Å². The van der Waals surface area contributed by atoms with Crippen LogP contribution in [0.25, 0.3) is 0 Å². The van der Waals surface area contributed by atoms with Gasteiger partial charge in [0, 0.05) is 12.5 Å². The molecule has 0 atom stereocenters. The molecule has 0 saturated heterocycles. The zero-order chi connectivity index (χ0) is 10.7. The standard InChI is InChI=1S/C10H10F2O2/c1-6-3-10(12)8(4-9(6)11)5-14-7(2)13/h3-4H,5H2,1-2H3. The minimum absolute atomic E-state index is 0.0447. The quantitative estimate of drug-likeness (QED) is 0.685. The van der Waals surface area contributed by atoms with Gasteiger partial charge in [-0.3, -0.25) is 4.79 Å². The minimum atomic E-state index is -0.565. The first-order valence-corrected chi connectivity index (χ1v) is 4.08. The van der Waals surface area contributed by atoms with Crippen molar-refractivity contribution in [1.29, 1.82) is 0 Å². The molecule has 0 radical (unpaired) electrons. The van der Waals surface area contributed by atoms with E-state index >= 15 is 0 Å². The van der Waals surface area contributed by atoms with Crippen LogP contribution in [0.4, 0.5) is 8.78 Å². The summed E-state index contributed by atoms with van der Waals surface area (Å²) in [6.45, 7) is 2.44. The Hall–Kier alpha value is -1.45. The van der Waals surface area contributed by atoms with Gasteiger partial charge in [-0.25, -0.2) is 8.78 Å². The maximum Gasteiger partial charge on any atom is 0.302 e. The van der Waals surface area contributed by atoms with Crippen molar-refractivity contribution in [1.82, 2.24) is 0 Å². The van der Waals surface area contributed by atoms with Crippen molar-refractivity contribution in [2.24, 2.45) is 0 Å². The highest BCUT2D eigenvalue weighted by Gasteiger charge is 2.08. The summed E-state index contributed by atoms with van der Waals surface area (Å²) in [6.07, 6.45) is 0. The van der Waals surface area contributed by atoms with Crippen molar-refractivity contribution in [3.8, 4) is 0 Å². The second kappa shape index (κ2) is 4.17. The molecule has 0 bridgehead atoms. The van der Waals surface area contributed by atoms with Gasteiger partial charge in [-0.1, -0.05) is 0 Å². The first-order valence-electron chi connectivity index (χ1n) is 4.08. The fraction of sp³-hybridized carbons (Fsp3) is 0.300. The highest BCUT2D eigenvalue weighted by atomic mass is 19.1. The van der Waals surface area contributed by atoms with Gasteiger partial charge < -0.3 is 4.74 Å². The molecule has 2 nitrogen and oxygen atoms in total. The van der Waals surface area contributed by atoms with E-state index in [1.54, 1.807) is 0 Å². The molecule has 14 heavy (non-hydrogen) atoms. The summed E-state index contributed by atoms with van der Waals surface area (Å²) in [6, 6.07) is 2.11. The van der Waals surface area contributed by atoms with E-state index in [1.807, 2.05) is 0 Å². The van der Waals surface area contributed by atoms with Crippen LogP contribution in [0.1, 0.15) is 18.1 Å². The van der Waals surface area contributed by atoms with Gasteiger partial charge in [0.05, 0.1) is 0 Å². The van der Waals surface area contributed by atoms with Crippen molar-refractivity contribution in [2.75, 3.05) is 0 Å². The Morgan fingerprint density at radius 2 is 2.00 bits per heavy atom. The Bertz CT molecular complexity index is 361. The van der Waals surface area contributed by atoms with Crippen molar-refractivity contribution in [2.45, 2.75) is 20.5 Å². The molecular weight excluding hydrogens is 190 g/mol. The molecule has 0 saturated carbocycles. The largest absolute Gasteiger partial charge is 0.461 e. The van der Waals surface area contributed by atoms with Gasteiger partial charge in [0.15, 0.2) is 0 Å². The molecule has 76 valence electrons. The van der Waals surface area contributed by atoms with Crippen LogP contribution < -0.4 is 0 Å². The molecule has 0 amide bonds. The van der Waals surface area contributed by atoms with Gasteiger partial charge in [-0.2, -0.15) is 0 Å². The van der Waals surface area contributed by atoms with Crippen LogP contribution in [0.2, 0.25) is 0 Å². The summed E-state index contributed by atoms with van der Waals surface area (Å²) in [5, 5.41) is 0. The fourth-order valence-corrected chi connectivity index (χ4v) is 0.977. The zero-order valence-corrected chi connectivity index (χ0v) is 7.93. The lowest BCUT2D eigenvalue weighted by molar-refractivity contribution is -0.142. The van der Waals surface area contributed by atoms with Gasteiger partial charge >= 0.3 is 5.97 Å². The van der Waals surface area contributed by atoms with Gasteiger partial charge in [0.1, 0.15) is 18.2 Å². The van der Waals surface area contributed by atoms with Crippen LogP contribution in [0.3, 0.4) is 0 Å². The van der Waals surface area contributed by atoms with Crippen LogP contribution in [0, 0.1) is 18.6 Å². The Morgan fingerprint density at radius 3 is 2.57 bits per heavy atom. The van der Waals surface area contributed by atoms with E-state index in [0.29, 0.717) is 0 Å². The Labute approximate surface area is 80.5 Å². The molecule has 1 aromatic rings. The zero-order valence-electron chi connectivity index (χ0n) is 7.93. The number of benzene rings is 1. The van der Waals surface area contributed by atoms with E-state index in [9.17, 15) is 13.6 Å². The topological polar surface area (TPSA) is 26.3 Å². The molecule has 0 heterocycles. The van der Waals surface area contributed by atoms with Gasteiger partial charge in [0.25, 0.3) is 0 Å². The number of aryl methyl sites for hydroxylation is 1. The minimum Gasteiger partial charge on any atom is -0.461 e. The monoisotopic (exact) mass is 200 g/mol. The first-order chi connectivity index (χ1) is 6.50. The van der Waals surface area contributed by atoms with Crippen molar-refractivity contribution in [3.05, 3.63) is 34.9 Å². The summed E-state index contributed by atoms with van der Waals surface area (Å²) in [4.78, 5) is 10.4. The summed E-state index contributed by atoms with van der Waals surface area (Å²) < 4.78 is 30.7. The molecule has 0 aliphatic heterocycles. The average Bonchev–Trinajstić information content (AvgIpc) is 2.09. The van der Waals surface area contributed by atoms with E-state index in [4.69, 9.17) is 0 Å². The fourth-order valence-electron chi connectivity index (χ4n) is 0.977. The highest BCUT2D eigenvalue weighted by Crippen LogP contribution is 2.14. The maximum atomic E-state index is 13.1. The first kappa shape index (κ1) is 10.6. The summed E-state index contributed by atoms with van der Waals surface area (Å²) in [5.74, 6) is -1.59. The number of carbonyl (C=O) groups excluding carboxylic acids is 1. The molecule has 1 aromatic carbocycles. The van der Waals surface area contributed by atoms with E-state index in [1.165, 1.54) is 13.8 Å². The maximum absolute atomic E-state index is 13.1. The molecule has 0 N–H and O–H groups in total. The van der Waals surface area contributed by atoms with Crippen LogP contribution in [-0.4, -0.2) is 5.97 Å². The number of hydrogen-bond acceptors (Lipinski definition) is 2. The Kier molecular flexibility index (Phi) is 3.17. The molecule has 4 heteroatoms. The van der Waals surface area contributed by atoms with Crippen molar-refractivity contribution in [3.63, 3.8) is 0 Å². The molecule has 0 unspecified atom stereocenters. The van der Waals surface area contributed by atoms with Crippen molar-refractivity contribution >= 4 is 5.97 Å². The number of hydrogen-bond donors (Lipinski definition) is 0. The van der Waals surface area contributed by atoms with Gasteiger partial charge in [-0.05, 0) is 24.6 Å². The smallest absolute Gasteiger partial charge is 0.302 e. The number of carbonyl (C=O) groups is 1. The van der Waals surface area contributed by atoms with E-state index < -0.39 is 17.6 Å². The Morgan fingerprint density at radius 1 is 1.36 bits per heavy atom. The lowest BCUT2D eigenvalue weighted by Gasteiger charge is -2.05. The predicted molar refractivity (Wildman–Crippen MR) is 46.6 cm³/mol. The lowest BCUT2D eigenvalue weighted by atomic mass is 10.1. The van der Waals surface area contributed by atoms with Crippen LogP contribution in [-0.2, 0) is 16.1 Å². The second-order valence-corrected chi connectivity index (χ2v) is 2.97. The Balaban J connectivity index is 2.87. The third kappa shape index (κ3) is 2.52. The van der Waals surface area contributed by atoms with Gasteiger partial charge in [-0.15, -0.1) is 0 Å². The third-order valence-corrected chi connectivity index (χ3v) is 1.76. The van der Waals surface area contributed by atoms with Crippen LogP contribution >= 0.6 is 0 Å². The SMILES string of the molecule is CC(=O)OCc1cc(F)c(C)cc1F. The van der Waals surface area contributed by atoms with Crippen LogP contribution in [0.5, 0.6) is 0 Å². The van der Waals surface area contributed by atoms with Crippen molar-refractivity contribution < 1.29 is 18.3 Å². The number of ether oxygens (including phenoxy) is 1. The molecule has 0 spiro atoms. The second-order valence-electron chi connectivity index (χ2n) is 2.97. The number of esters is 1.